The normalized spacial score (nSPS) is 10.2. The number of halogens is 1. The van der Waals surface area contributed by atoms with Crippen molar-refractivity contribution >= 4 is 0 Å². The van der Waals surface area contributed by atoms with Crippen LogP contribution in [0.5, 0.6) is 0 Å². The third-order valence-electron chi connectivity index (χ3n) is 1.08. The number of hydrogen-bond acceptors (Lipinski definition) is 3. The number of alkyl halides is 1. The Morgan fingerprint density at radius 1 is 1.70 bits per heavy atom. The lowest BCUT2D eigenvalue weighted by Crippen LogP contribution is -2.03. The smallest absolute Gasteiger partial charge is 0.164 e. The highest BCUT2D eigenvalue weighted by atomic mass is 19.1. The Morgan fingerprint density at radius 2 is 2.50 bits per heavy atom. The Bertz CT molecular complexity index is 197. The minimum atomic E-state index is -0.423. The molecule has 0 aliphatic carbocycles. The highest BCUT2D eigenvalue weighted by Gasteiger charge is 1.95. The average Bonchev–Trinajstić information content (AvgIpc) is 2.37. The molecular formula is C5H9FN4. The van der Waals surface area contributed by atoms with Gasteiger partial charge in [0.2, 0.25) is 0 Å². The Morgan fingerprint density at radius 3 is 3.00 bits per heavy atom. The fraction of sp³-hybridized carbons (Fsp3) is 0.600. The van der Waals surface area contributed by atoms with E-state index in [1.807, 2.05) is 0 Å². The van der Waals surface area contributed by atoms with Crippen molar-refractivity contribution in [1.29, 1.82) is 0 Å². The molecule has 10 heavy (non-hydrogen) atoms. The van der Waals surface area contributed by atoms with Crippen LogP contribution in [0.1, 0.15) is 5.82 Å². The van der Waals surface area contributed by atoms with Crippen LogP contribution >= 0.6 is 0 Å². The molecule has 0 atom stereocenters. The van der Waals surface area contributed by atoms with E-state index in [4.69, 9.17) is 5.73 Å². The van der Waals surface area contributed by atoms with E-state index < -0.39 is 6.67 Å². The van der Waals surface area contributed by atoms with Crippen molar-refractivity contribution in [3.05, 3.63) is 12.2 Å². The second-order valence-electron chi connectivity index (χ2n) is 1.82. The molecule has 0 saturated heterocycles. The zero-order chi connectivity index (χ0) is 7.40. The average molecular weight is 144 g/mol. The Labute approximate surface area is 57.9 Å². The third-order valence-corrected chi connectivity index (χ3v) is 1.08. The number of nitrogens with two attached hydrogens (primary N) is 1. The monoisotopic (exact) mass is 144 g/mol. The van der Waals surface area contributed by atoms with Gasteiger partial charge in [-0.25, -0.2) is 9.37 Å². The lowest BCUT2D eigenvalue weighted by molar-refractivity contribution is 0.425. The van der Waals surface area contributed by atoms with Crippen LogP contribution in [0.4, 0.5) is 4.39 Å². The maximum absolute atomic E-state index is 11.7. The van der Waals surface area contributed by atoms with E-state index in [0.29, 0.717) is 12.4 Å². The molecule has 5 heteroatoms. The number of hydrogen-bond donors (Lipinski definition) is 1. The number of nitrogens with zero attached hydrogens (tertiary/aromatic N) is 3. The number of aromatic nitrogens is 3. The quantitative estimate of drug-likeness (QED) is 0.634. The van der Waals surface area contributed by atoms with Crippen molar-refractivity contribution in [2.24, 2.45) is 5.73 Å². The van der Waals surface area contributed by atoms with Gasteiger partial charge in [0.15, 0.2) is 5.82 Å². The van der Waals surface area contributed by atoms with Crippen LogP contribution in [-0.2, 0) is 13.1 Å². The molecule has 0 amide bonds. The van der Waals surface area contributed by atoms with Crippen molar-refractivity contribution < 1.29 is 4.39 Å². The Kier molecular flexibility index (Phi) is 2.33. The Balaban J connectivity index is 2.59. The molecular weight excluding hydrogens is 135 g/mol. The summed E-state index contributed by atoms with van der Waals surface area (Å²) >= 11 is 0. The summed E-state index contributed by atoms with van der Waals surface area (Å²) in [6, 6.07) is 0. The molecule has 1 heterocycles. The summed E-state index contributed by atoms with van der Waals surface area (Å²) in [7, 11) is 0. The molecule has 0 bridgehead atoms. The van der Waals surface area contributed by atoms with Gasteiger partial charge in [-0.2, -0.15) is 5.10 Å². The third kappa shape index (κ3) is 1.51. The summed E-state index contributed by atoms with van der Waals surface area (Å²) in [5.41, 5.74) is 5.23. The van der Waals surface area contributed by atoms with Gasteiger partial charge in [-0.15, -0.1) is 0 Å². The predicted molar refractivity (Wildman–Crippen MR) is 33.9 cm³/mol. The van der Waals surface area contributed by atoms with E-state index in [-0.39, 0.29) is 6.54 Å². The van der Waals surface area contributed by atoms with Crippen molar-refractivity contribution in [1.82, 2.24) is 14.8 Å². The van der Waals surface area contributed by atoms with Gasteiger partial charge in [0.25, 0.3) is 0 Å². The van der Waals surface area contributed by atoms with Crippen molar-refractivity contribution in [2.45, 2.75) is 13.1 Å². The van der Waals surface area contributed by atoms with E-state index in [2.05, 4.69) is 10.1 Å². The molecule has 1 aromatic rings. The number of rotatable bonds is 3. The molecule has 1 aromatic heterocycles. The van der Waals surface area contributed by atoms with Gasteiger partial charge in [0, 0.05) is 0 Å². The van der Waals surface area contributed by atoms with Gasteiger partial charge >= 0.3 is 0 Å². The minimum absolute atomic E-state index is 0.257. The van der Waals surface area contributed by atoms with Crippen molar-refractivity contribution in [2.75, 3.05) is 6.67 Å². The molecule has 4 nitrogen and oxygen atoms in total. The maximum Gasteiger partial charge on any atom is 0.164 e. The molecule has 0 fully saturated rings. The van der Waals surface area contributed by atoms with E-state index in [0.717, 1.165) is 0 Å². The summed E-state index contributed by atoms with van der Waals surface area (Å²) in [5.74, 6) is 0.549. The van der Waals surface area contributed by atoms with Crippen LogP contribution in [0.2, 0.25) is 0 Å². The highest BCUT2D eigenvalue weighted by Crippen LogP contribution is 1.87. The van der Waals surface area contributed by atoms with E-state index in [1.54, 1.807) is 0 Å². The summed E-state index contributed by atoms with van der Waals surface area (Å²) in [5, 5.41) is 3.86. The molecule has 0 aromatic carbocycles. The lowest BCUT2D eigenvalue weighted by atomic mass is 10.6. The van der Waals surface area contributed by atoms with Crippen molar-refractivity contribution in [3.63, 3.8) is 0 Å². The predicted octanol–water partition coefficient (Wildman–Crippen LogP) is -0.294. The summed E-state index contributed by atoms with van der Waals surface area (Å²) < 4.78 is 13.1. The molecule has 0 saturated carbocycles. The van der Waals surface area contributed by atoms with Gasteiger partial charge < -0.3 is 5.73 Å². The first-order chi connectivity index (χ1) is 4.86. The maximum atomic E-state index is 11.7. The molecule has 56 valence electrons. The summed E-state index contributed by atoms with van der Waals surface area (Å²) in [4.78, 5) is 3.81. The first-order valence-corrected chi connectivity index (χ1v) is 3.01. The van der Waals surface area contributed by atoms with Crippen LogP contribution in [0.3, 0.4) is 0 Å². The SMILES string of the molecule is NCc1ncn(CCF)n1. The molecule has 1 rings (SSSR count). The molecule has 2 N–H and O–H groups in total. The van der Waals surface area contributed by atoms with E-state index in [9.17, 15) is 4.39 Å². The topological polar surface area (TPSA) is 56.7 Å². The van der Waals surface area contributed by atoms with Crippen LogP contribution in [0, 0.1) is 0 Å². The summed E-state index contributed by atoms with van der Waals surface area (Å²) in [6.07, 6.45) is 1.47. The largest absolute Gasteiger partial charge is 0.324 e. The summed E-state index contributed by atoms with van der Waals surface area (Å²) in [6.45, 7) is 0.139. The van der Waals surface area contributed by atoms with Gasteiger partial charge in [0.05, 0.1) is 13.1 Å². The van der Waals surface area contributed by atoms with Crippen LogP contribution < -0.4 is 5.73 Å². The number of aryl methyl sites for hydroxylation is 1. The minimum Gasteiger partial charge on any atom is -0.324 e. The first-order valence-electron chi connectivity index (χ1n) is 3.01. The van der Waals surface area contributed by atoms with Crippen LogP contribution in [0.15, 0.2) is 6.33 Å². The zero-order valence-electron chi connectivity index (χ0n) is 5.50. The highest BCUT2D eigenvalue weighted by molar-refractivity contribution is 4.78. The van der Waals surface area contributed by atoms with E-state index in [1.165, 1.54) is 11.0 Å². The fourth-order valence-electron chi connectivity index (χ4n) is 0.621. The van der Waals surface area contributed by atoms with E-state index >= 15 is 0 Å². The molecule has 0 spiro atoms. The van der Waals surface area contributed by atoms with Crippen LogP contribution in [-0.4, -0.2) is 21.4 Å². The molecule has 0 aliphatic rings. The zero-order valence-corrected chi connectivity index (χ0v) is 5.50. The van der Waals surface area contributed by atoms with Crippen LogP contribution in [0.25, 0.3) is 0 Å². The standard InChI is InChI=1S/C5H9FN4/c6-1-2-10-4-8-5(3-7)9-10/h4H,1-3,7H2. The fourth-order valence-corrected chi connectivity index (χ4v) is 0.621. The van der Waals surface area contributed by atoms with Gasteiger partial charge in [-0.3, -0.25) is 4.68 Å². The van der Waals surface area contributed by atoms with Crippen molar-refractivity contribution in [3.8, 4) is 0 Å². The molecule has 0 aliphatic heterocycles. The molecule has 0 unspecified atom stereocenters. The molecule has 0 radical (unpaired) electrons. The second-order valence-corrected chi connectivity index (χ2v) is 1.82. The second kappa shape index (κ2) is 3.26. The van der Waals surface area contributed by atoms with Gasteiger partial charge in [-0.1, -0.05) is 0 Å². The van der Waals surface area contributed by atoms with Gasteiger partial charge in [-0.05, 0) is 0 Å². The van der Waals surface area contributed by atoms with Gasteiger partial charge in [0.1, 0.15) is 13.0 Å². The lowest BCUT2D eigenvalue weighted by Gasteiger charge is -1.90. The first kappa shape index (κ1) is 7.14. The Hall–Kier alpha value is -0.970.